The first-order valence-corrected chi connectivity index (χ1v) is 5.01. The Labute approximate surface area is 84.4 Å². The van der Waals surface area contributed by atoms with Crippen LogP contribution in [0.15, 0.2) is 34.9 Å². The molecule has 0 amide bonds. The molecule has 1 N–H and O–H groups in total. The van der Waals surface area contributed by atoms with E-state index in [9.17, 15) is 9.18 Å². The van der Waals surface area contributed by atoms with Crippen LogP contribution in [0.2, 0.25) is 0 Å². The number of halogens is 1. The number of aliphatic hydroxyl groups is 1. The van der Waals surface area contributed by atoms with Crippen LogP contribution in [0.3, 0.4) is 0 Å². The van der Waals surface area contributed by atoms with Crippen LogP contribution < -0.4 is 0 Å². The zero-order chi connectivity index (χ0) is 10.1. The van der Waals surface area contributed by atoms with Crippen LogP contribution in [0.25, 0.3) is 0 Å². The van der Waals surface area contributed by atoms with E-state index in [1.54, 1.807) is 6.07 Å². The summed E-state index contributed by atoms with van der Waals surface area (Å²) in [6.45, 7) is 0. The Morgan fingerprint density at radius 2 is 2.29 bits per heavy atom. The number of aliphatic hydroxyl groups excluding tert-OH is 1. The molecule has 0 aliphatic carbocycles. The van der Waals surface area contributed by atoms with E-state index in [2.05, 4.69) is 0 Å². The average molecular weight is 210 g/mol. The van der Waals surface area contributed by atoms with Crippen molar-refractivity contribution in [1.29, 1.82) is 0 Å². The summed E-state index contributed by atoms with van der Waals surface area (Å²) in [5, 5.41) is 8.77. The summed E-state index contributed by atoms with van der Waals surface area (Å²) < 4.78 is 12.9. The molecule has 0 saturated carbocycles. The molecule has 0 radical (unpaired) electrons. The van der Waals surface area contributed by atoms with E-state index in [1.165, 1.54) is 23.9 Å². The number of fused-ring (bicyclic) bond motifs is 1. The van der Waals surface area contributed by atoms with E-state index in [0.717, 1.165) is 11.2 Å². The highest BCUT2D eigenvalue weighted by atomic mass is 32.2. The number of thioether (sulfide) groups is 1. The molecule has 1 aliphatic heterocycles. The highest BCUT2D eigenvalue weighted by Gasteiger charge is 2.22. The molecule has 1 heterocycles. The summed E-state index contributed by atoms with van der Waals surface area (Å²) in [6.07, 6.45) is 0.795. The molecule has 0 aromatic heterocycles. The minimum atomic E-state index is -0.433. The number of rotatable bonds is 0. The van der Waals surface area contributed by atoms with Crippen molar-refractivity contribution in [3.63, 3.8) is 0 Å². The van der Waals surface area contributed by atoms with Gasteiger partial charge >= 0.3 is 0 Å². The molecule has 4 heteroatoms. The Hall–Kier alpha value is -1.29. The second kappa shape index (κ2) is 3.46. The predicted molar refractivity (Wildman–Crippen MR) is 52.2 cm³/mol. The van der Waals surface area contributed by atoms with Crippen LogP contribution in [-0.2, 0) is 0 Å². The predicted octanol–water partition coefficient (Wildman–Crippen LogP) is 2.56. The van der Waals surface area contributed by atoms with Crippen LogP contribution in [0.1, 0.15) is 10.4 Å². The minimum absolute atomic E-state index is 0.291. The topological polar surface area (TPSA) is 37.3 Å². The molecular formula is C10H7FO2S. The van der Waals surface area contributed by atoms with Crippen LogP contribution in [0.5, 0.6) is 0 Å². The van der Waals surface area contributed by atoms with Crippen LogP contribution in [0.4, 0.5) is 4.39 Å². The lowest BCUT2D eigenvalue weighted by molar-refractivity contribution is 0.102. The lowest BCUT2D eigenvalue weighted by atomic mass is 10.0. The standard InChI is InChI=1S/C10H7FO2S/c11-7-1-2-9-8(3-7)10(13)6(4-12)5-14-9/h1-4,12H,5H2/b6-4-. The van der Waals surface area contributed by atoms with E-state index in [-0.39, 0.29) is 5.78 Å². The first-order chi connectivity index (χ1) is 6.72. The van der Waals surface area contributed by atoms with Gasteiger partial charge in [-0.3, -0.25) is 4.79 Å². The third kappa shape index (κ3) is 1.42. The quantitative estimate of drug-likeness (QED) is 0.528. The molecule has 1 aromatic rings. The van der Waals surface area contributed by atoms with Gasteiger partial charge in [0.1, 0.15) is 5.82 Å². The van der Waals surface area contributed by atoms with Gasteiger partial charge in [-0.25, -0.2) is 4.39 Å². The van der Waals surface area contributed by atoms with Crippen LogP contribution in [-0.4, -0.2) is 16.6 Å². The average Bonchev–Trinajstić information content (AvgIpc) is 2.20. The van der Waals surface area contributed by atoms with E-state index >= 15 is 0 Å². The van der Waals surface area contributed by atoms with Crippen molar-refractivity contribution in [3.05, 3.63) is 41.4 Å². The summed E-state index contributed by atoms with van der Waals surface area (Å²) in [7, 11) is 0. The summed E-state index contributed by atoms with van der Waals surface area (Å²) in [5.74, 6) is -0.286. The molecule has 0 fully saturated rings. The van der Waals surface area contributed by atoms with Crippen molar-refractivity contribution in [2.45, 2.75) is 4.90 Å². The summed E-state index contributed by atoms with van der Waals surface area (Å²) >= 11 is 1.42. The third-order valence-electron chi connectivity index (χ3n) is 2.02. The number of Topliss-reactive ketones (excluding diaryl/α,β-unsaturated/α-hetero) is 1. The van der Waals surface area contributed by atoms with Crippen LogP contribution in [0, 0.1) is 5.82 Å². The van der Waals surface area contributed by atoms with Crippen molar-refractivity contribution < 1.29 is 14.3 Å². The molecular weight excluding hydrogens is 203 g/mol. The molecule has 0 bridgehead atoms. The van der Waals surface area contributed by atoms with Crippen molar-refractivity contribution in [2.75, 3.05) is 5.75 Å². The van der Waals surface area contributed by atoms with Gasteiger partial charge in [-0.2, -0.15) is 0 Å². The zero-order valence-corrected chi connectivity index (χ0v) is 7.97. The van der Waals surface area contributed by atoms with Crippen molar-refractivity contribution in [3.8, 4) is 0 Å². The summed E-state index contributed by atoms with van der Waals surface area (Å²) in [5.41, 5.74) is 0.648. The van der Waals surface area contributed by atoms with Gasteiger partial charge in [0, 0.05) is 21.8 Å². The first-order valence-electron chi connectivity index (χ1n) is 4.02. The Kier molecular flexibility index (Phi) is 2.29. The number of carbonyl (C=O) groups excluding carboxylic acids is 1. The molecule has 1 aromatic carbocycles. The molecule has 0 saturated heterocycles. The molecule has 0 atom stereocenters. The number of ketones is 1. The molecule has 0 spiro atoms. The molecule has 2 rings (SSSR count). The van der Waals surface area contributed by atoms with Gasteiger partial charge in [0.25, 0.3) is 0 Å². The van der Waals surface area contributed by atoms with Gasteiger partial charge in [0.05, 0.1) is 6.26 Å². The van der Waals surface area contributed by atoms with E-state index in [1.807, 2.05) is 0 Å². The Bertz CT molecular complexity index is 426. The summed E-state index contributed by atoms with van der Waals surface area (Å²) in [4.78, 5) is 12.4. The first kappa shape index (κ1) is 9.27. The molecule has 72 valence electrons. The lowest BCUT2D eigenvalue weighted by Gasteiger charge is -2.15. The maximum atomic E-state index is 12.9. The van der Waals surface area contributed by atoms with Gasteiger partial charge < -0.3 is 5.11 Å². The molecule has 14 heavy (non-hydrogen) atoms. The van der Waals surface area contributed by atoms with E-state index in [0.29, 0.717) is 16.9 Å². The minimum Gasteiger partial charge on any atom is -0.515 e. The van der Waals surface area contributed by atoms with Gasteiger partial charge in [-0.05, 0) is 18.2 Å². The van der Waals surface area contributed by atoms with E-state index in [4.69, 9.17) is 5.11 Å². The normalized spacial score (nSPS) is 18.4. The Balaban J connectivity index is 2.54. The van der Waals surface area contributed by atoms with Crippen LogP contribution >= 0.6 is 11.8 Å². The fourth-order valence-corrected chi connectivity index (χ4v) is 2.28. The lowest BCUT2D eigenvalue weighted by Crippen LogP contribution is -2.12. The van der Waals surface area contributed by atoms with Gasteiger partial charge in [-0.15, -0.1) is 11.8 Å². The fourth-order valence-electron chi connectivity index (χ4n) is 1.30. The smallest absolute Gasteiger partial charge is 0.194 e. The van der Waals surface area contributed by atoms with Gasteiger partial charge in [0.15, 0.2) is 5.78 Å². The second-order valence-electron chi connectivity index (χ2n) is 2.91. The second-order valence-corrected chi connectivity index (χ2v) is 3.93. The zero-order valence-electron chi connectivity index (χ0n) is 7.16. The number of benzene rings is 1. The van der Waals surface area contributed by atoms with Gasteiger partial charge in [0.2, 0.25) is 0 Å². The van der Waals surface area contributed by atoms with Crippen molar-refractivity contribution >= 4 is 17.5 Å². The largest absolute Gasteiger partial charge is 0.515 e. The van der Waals surface area contributed by atoms with E-state index < -0.39 is 5.82 Å². The number of carbonyl (C=O) groups is 1. The fraction of sp³-hybridized carbons (Fsp3) is 0.100. The SMILES string of the molecule is O=C1/C(=C\O)CSc2ccc(F)cc21. The molecule has 0 unspecified atom stereocenters. The Morgan fingerprint density at radius 1 is 1.50 bits per heavy atom. The maximum Gasteiger partial charge on any atom is 0.194 e. The molecule has 2 nitrogen and oxygen atoms in total. The molecule has 1 aliphatic rings. The van der Waals surface area contributed by atoms with Crippen molar-refractivity contribution in [1.82, 2.24) is 0 Å². The maximum absolute atomic E-state index is 12.9. The van der Waals surface area contributed by atoms with Crippen molar-refractivity contribution in [2.24, 2.45) is 0 Å². The van der Waals surface area contributed by atoms with Gasteiger partial charge in [-0.1, -0.05) is 0 Å². The Morgan fingerprint density at radius 3 is 3.00 bits per heavy atom. The highest BCUT2D eigenvalue weighted by molar-refractivity contribution is 7.99. The highest BCUT2D eigenvalue weighted by Crippen LogP contribution is 2.32. The number of hydrogen-bond acceptors (Lipinski definition) is 3. The summed E-state index contributed by atoms with van der Waals surface area (Å²) in [6, 6.07) is 4.11. The number of hydrogen-bond donors (Lipinski definition) is 1. The third-order valence-corrected chi connectivity index (χ3v) is 3.14. The monoisotopic (exact) mass is 210 g/mol.